The number of piperidine rings is 1. The highest BCUT2D eigenvalue weighted by Crippen LogP contribution is 2.37. The largest absolute Gasteiger partial charge is 0.513 e. The van der Waals surface area contributed by atoms with Gasteiger partial charge in [0.2, 0.25) is 0 Å². The molecule has 3 aromatic rings. The van der Waals surface area contributed by atoms with E-state index in [-0.39, 0.29) is 39.7 Å². The zero-order chi connectivity index (χ0) is 26.4. The molecule has 1 aliphatic heterocycles. The number of halogens is 5. The number of aryl methyl sites for hydroxylation is 2. The van der Waals surface area contributed by atoms with Gasteiger partial charge in [-0.25, -0.2) is 4.98 Å². The number of allylic oxidation sites excluding steroid dienone is 1. The molecule has 36 heavy (non-hydrogen) atoms. The standard InChI is InChI=1S/C26H26Cl2F3N3O2/c1-14-8-18(26(29,30)31)11-21-22(14)17(13-33(21)3)10-19-20(27)12-32-24(23(19)28)25(36)34-6-4-16(5-7-34)9-15(2)35/h8,11-13,16,35H,2,4-7,9-10H2,1,3H3. The van der Waals surface area contributed by atoms with Crippen LogP contribution < -0.4 is 0 Å². The van der Waals surface area contributed by atoms with Gasteiger partial charge in [-0.1, -0.05) is 29.8 Å². The number of aliphatic hydroxyl groups is 1. The van der Waals surface area contributed by atoms with E-state index < -0.39 is 11.7 Å². The molecule has 4 rings (SSSR count). The highest BCUT2D eigenvalue weighted by Gasteiger charge is 2.32. The third kappa shape index (κ3) is 5.20. The molecule has 0 saturated carbocycles. The van der Waals surface area contributed by atoms with E-state index in [0.717, 1.165) is 30.5 Å². The second-order valence-corrected chi connectivity index (χ2v) is 10.2. The summed E-state index contributed by atoms with van der Waals surface area (Å²) in [5.41, 5.74) is 1.56. The van der Waals surface area contributed by atoms with Crippen molar-refractivity contribution in [1.82, 2.24) is 14.5 Å². The van der Waals surface area contributed by atoms with Crippen LogP contribution in [0.3, 0.4) is 0 Å². The Balaban J connectivity index is 1.64. The predicted octanol–water partition coefficient (Wildman–Crippen LogP) is 7.11. The average Bonchev–Trinajstić information content (AvgIpc) is 3.11. The number of amides is 1. The minimum Gasteiger partial charge on any atom is -0.513 e. The summed E-state index contributed by atoms with van der Waals surface area (Å²) in [5, 5.41) is 10.5. The van der Waals surface area contributed by atoms with Gasteiger partial charge in [0.1, 0.15) is 5.69 Å². The summed E-state index contributed by atoms with van der Waals surface area (Å²) in [7, 11) is 1.69. The first-order valence-electron chi connectivity index (χ1n) is 11.5. The van der Waals surface area contributed by atoms with Crippen molar-refractivity contribution >= 4 is 40.0 Å². The van der Waals surface area contributed by atoms with Crippen molar-refractivity contribution in [3.05, 3.63) is 74.9 Å². The van der Waals surface area contributed by atoms with Gasteiger partial charge < -0.3 is 14.6 Å². The van der Waals surface area contributed by atoms with E-state index in [1.54, 1.807) is 29.6 Å². The highest BCUT2D eigenvalue weighted by molar-refractivity contribution is 6.37. The van der Waals surface area contributed by atoms with E-state index in [2.05, 4.69) is 11.6 Å². The van der Waals surface area contributed by atoms with E-state index in [1.807, 2.05) is 0 Å². The van der Waals surface area contributed by atoms with Crippen molar-refractivity contribution in [2.24, 2.45) is 13.0 Å². The van der Waals surface area contributed by atoms with Gasteiger partial charge >= 0.3 is 6.18 Å². The second-order valence-electron chi connectivity index (χ2n) is 9.38. The van der Waals surface area contributed by atoms with Gasteiger partial charge in [0.15, 0.2) is 0 Å². The van der Waals surface area contributed by atoms with Crippen LogP contribution in [-0.4, -0.2) is 38.6 Å². The lowest BCUT2D eigenvalue weighted by atomic mass is 9.92. The summed E-state index contributed by atoms with van der Waals surface area (Å²) < 4.78 is 41.7. The summed E-state index contributed by atoms with van der Waals surface area (Å²) in [6.07, 6.45) is 0.907. The average molecular weight is 540 g/mol. The third-order valence-electron chi connectivity index (χ3n) is 6.76. The number of fused-ring (bicyclic) bond motifs is 1. The SMILES string of the molecule is C=C(O)CC1CCN(C(=O)c2ncc(Cl)c(Cc3cn(C)c4cc(C(F)(F)F)cc(C)c34)c2Cl)CC1. The van der Waals surface area contributed by atoms with Crippen LogP contribution in [0.2, 0.25) is 10.0 Å². The van der Waals surface area contributed by atoms with Gasteiger partial charge in [-0.05, 0) is 54.5 Å². The Hall–Kier alpha value is -2.71. The molecular weight excluding hydrogens is 514 g/mol. The van der Waals surface area contributed by atoms with Crippen LogP contribution in [0.15, 0.2) is 36.9 Å². The lowest BCUT2D eigenvalue weighted by Gasteiger charge is -2.32. The second kappa shape index (κ2) is 9.98. The number of alkyl halides is 3. The van der Waals surface area contributed by atoms with E-state index in [4.69, 9.17) is 23.2 Å². The number of hydrogen-bond acceptors (Lipinski definition) is 3. The topological polar surface area (TPSA) is 58.4 Å². The van der Waals surface area contributed by atoms with Crippen molar-refractivity contribution in [3.8, 4) is 0 Å². The maximum Gasteiger partial charge on any atom is 0.416 e. The normalized spacial score (nSPS) is 15.0. The number of benzene rings is 1. The fourth-order valence-electron chi connectivity index (χ4n) is 4.96. The Kier molecular flexibility index (Phi) is 7.30. The number of pyridine rings is 1. The highest BCUT2D eigenvalue weighted by atomic mass is 35.5. The van der Waals surface area contributed by atoms with Crippen molar-refractivity contribution in [3.63, 3.8) is 0 Å². The Morgan fingerprint density at radius 3 is 2.53 bits per heavy atom. The first kappa shape index (κ1) is 26.4. The number of likely N-dealkylation sites (tertiary alicyclic amines) is 1. The smallest absolute Gasteiger partial charge is 0.416 e. The van der Waals surface area contributed by atoms with Gasteiger partial charge in [0.05, 0.1) is 21.4 Å². The number of nitrogens with zero attached hydrogens (tertiary/aromatic N) is 3. The molecule has 0 aliphatic carbocycles. The fraction of sp³-hybridized carbons (Fsp3) is 0.385. The molecule has 2 aromatic heterocycles. The van der Waals surface area contributed by atoms with Gasteiger partial charge in [0.25, 0.3) is 5.91 Å². The molecule has 0 bridgehead atoms. The Morgan fingerprint density at radius 2 is 1.92 bits per heavy atom. The molecule has 1 saturated heterocycles. The quantitative estimate of drug-likeness (QED) is 0.351. The lowest BCUT2D eigenvalue weighted by molar-refractivity contribution is -0.137. The minimum absolute atomic E-state index is 0.0948. The van der Waals surface area contributed by atoms with E-state index in [9.17, 15) is 23.1 Å². The third-order valence-corrected chi connectivity index (χ3v) is 7.49. The van der Waals surface area contributed by atoms with Crippen LogP contribution in [-0.2, 0) is 19.6 Å². The predicted molar refractivity (Wildman–Crippen MR) is 135 cm³/mol. The molecule has 1 amide bonds. The molecule has 0 unspecified atom stereocenters. The maximum atomic E-state index is 13.3. The number of hydrogen-bond donors (Lipinski definition) is 1. The minimum atomic E-state index is -4.45. The van der Waals surface area contributed by atoms with Crippen LogP contribution in [0.1, 0.15) is 52.0 Å². The van der Waals surface area contributed by atoms with Gasteiger partial charge in [-0.2, -0.15) is 13.2 Å². The van der Waals surface area contributed by atoms with Crippen molar-refractivity contribution < 1.29 is 23.1 Å². The Bertz CT molecular complexity index is 1340. The molecule has 0 spiro atoms. The fourth-order valence-corrected chi connectivity index (χ4v) is 5.52. The van der Waals surface area contributed by atoms with Gasteiger partial charge in [0, 0.05) is 56.3 Å². The molecule has 3 heterocycles. The number of rotatable bonds is 5. The molecule has 1 fully saturated rings. The van der Waals surface area contributed by atoms with E-state index in [0.29, 0.717) is 41.5 Å². The summed E-state index contributed by atoms with van der Waals surface area (Å²) in [6, 6.07) is 2.26. The van der Waals surface area contributed by atoms with Crippen LogP contribution >= 0.6 is 23.2 Å². The van der Waals surface area contributed by atoms with Crippen LogP contribution in [0.5, 0.6) is 0 Å². The molecule has 1 N–H and O–H groups in total. The summed E-state index contributed by atoms with van der Waals surface area (Å²) in [4.78, 5) is 19.1. The molecule has 10 heteroatoms. The zero-order valence-corrected chi connectivity index (χ0v) is 21.4. The van der Waals surface area contributed by atoms with Gasteiger partial charge in [-0.3, -0.25) is 4.79 Å². The molecule has 0 radical (unpaired) electrons. The number of carbonyl (C=O) groups excluding carboxylic acids is 1. The van der Waals surface area contributed by atoms with Crippen molar-refractivity contribution in [1.29, 1.82) is 0 Å². The first-order valence-corrected chi connectivity index (χ1v) is 12.3. The number of aliphatic hydroxyl groups excluding tert-OH is 1. The van der Waals surface area contributed by atoms with E-state index >= 15 is 0 Å². The van der Waals surface area contributed by atoms with Crippen LogP contribution in [0.25, 0.3) is 10.9 Å². The maximum absolute atomic E-state index is 13.3. The van der Waals surface area contributed by atoms with Crippen molar-refractivity contribution in [2.75, 3.05) is 13.1 Å². The monoisotopic (exact) mass is 539 g/mol. The molecule has 0 atom stereocenters. The van der Waals surface area contributed by atoms with Crippen LogP contribution in [0, 0.1) is 12.8 Å². The number of carbonyl (C=O) groups is 1. The van der Waals surface area contributed by atoms with E-state index in [1.165, 1.54) is 6.20 Å². The first-order chi connectivity index (χ1) is 16.9. The molecule has 1 aromatic carbocycles. The Labute approximate surface area is 217 Å². The zero-order valence-electron chi connectivity index (χ0n) is 19.9. The van der Waals surface area contributed by atoms with Gasteiger partial charge in [-0.15, -0.1) is 0 Å². The number of aromatic nitrogens is 2. The Morgan fingerprint density at radius 1 is 1.25 bits per heavy atom. The van der Waals surface area contributed by atoms with Crippen molar-refractivity contribution in [2.45, 2.75) is 38.8 Å². The lowest BCUT2D eigenvalue weighted by Crippen LogP contribution is -2.39. The molecule has 1 aliphatic rings. The summed E-state index contributed by atoms with van der Waals surface area (Å²) in [5.74, 6) is 0.108. The molecular formula is C26H26Cl2F3N3O2. The molecule has 192 valence electrons. The van der Waals surface area contributed by atoms with Crippen LogP contribution in [0.4, 0.5) is 13.2 Å². The summed E-state index contributed by atoms with van der Waals surface area (Å²) in [6.45, 7) is 6.20. The molecule has 5 nitrogen and oxygen atoms in total. The summed E-state index contributed by atoms with van der Waals surface area (Å²) >= 11 is 13.1.